The molecule has 33 heavy (non-hydrogen) atoms. The Labute approximate surface area is 194 Å². The lowest BCUT2D eigenvalue weighted by molar-refractivity contribution is -0.382. The number of aromatic nitrogens is 3. The summed E-state index contributed by atoms with van der Waals surface area (Å²) in [4.78, 5) is 25.4. The van der Waals surface area contributed by atoms with Crippen molar-refractivity contribution in [3.05, 3.63) is 86.0 Å². The molecule has 3 aromatic carbocycles. The maximum Gasteiger partial charge on any atom is 0.287 e. The number of amides is 1. The molecule has 0 saturated carbocycles. The topological polar surface area (TPSA) is 103 Å². The number of hydrogen-bond donors (Lipinski definition) is 1. The summed E-state index contributed by atoms with van der Waals surface area (Å²) >= 11 is 7.36. The van der Waals surface area contributed by atoms with E-state index in [9.17, 15) is 19.3 Å². The molecule has 0 bridgehead atoms. The summed E-state index contributed by atoms with van der Waals surface area (Å²) < 4.78 is 13.5. The Morgan fingerprint density at radius 3 is 2.55 bits per heavy atom. The van der Waals surface area contributed by atoms with Gasteiger partial charge in [0.1, 0.15) is 26.4 Å². The first-order chi connectivity index (χ1) is 15.8. The van der Waals surface area contributed by atoms with Gasteiger partial charge < -0.3 is 5.32 Å². The van der Waals surface area contributed by atoms with Crippen LogP contribution in [0.1, 0.15) is 15.2 Å². The maximum absolute atomic E-state index is 13.2. The van der Waals surface area contributed by atoms with Crippen molar-refractivity contribution < 1.29 is 14.1 Å². The first-order valence-corrected chi connectivity index (χ1v) is 10.8. The van der Waals surface area contributed by atoms with Crippen LogP contribution in [-0.2, 0) is 0 Å². The van der Waals surface area contributed by atoms with Gasteiger partial charge in [-0.15, -0.1) is 21.5 Å². The van der Waals surface area contributed by atoms with Crippen molar-refractivity contribution in [3.63, 3.8) is 0 Å². The van der Waals surface area contributed by atoms with Crippen LogP contribution in [0.2, 0.25) is 5.02 Å². The van der Waals surface area contributed by atoms with E-state index < -0.39 is 10.8 Å². The highest BCUT2D eigenvalue weighted by Crippen LogP contribution is 2.40. The molecule has 2 aromatic heterocycles. The van der Waals surface area contributed by atoms with Crippen LogP contribution in [0.4, 0.5) is 15.8 Å². The Kier molecular flexibility index (Phi) is 5.03. The molecule has 0 unspecified atom stereocenters. The number of hydrogen-bond acceptors (Lipinski definition) is 6. The molecular formula is C22H13ClFN5O3S. The van der Waals surface area contributed by atoms with Crippen LogP contribution in [0.5, 0.6) is 0 Å². The third-order valence-corrected chi connectivity index (χ3v) is 6.80. The van der Waals surface area contributed by atoms with E-state index in [0.717, 1.165) is 16.9 Å². The molecule has 0 fully saturated rings. The SMILES string of the molecule is Cc1cc2nn(-c3ccc(F)cc3)nc2cc1NC(=O)c1sc2c([N+](=O)[O-])cccc2c1Cl. The Bertz CT molecular complexity index is 1580. The number of halogens is 2. The van der Waals surface area contributed by atoms with E-state index in [1.165, 1.54) is 29.1 Å². The molecule has 164 valence electrons. The maximum atomic E-state index is 13.2. The number of thiophene rings is 1. The lowest BCUT2D eigenvalue weighted by Gasteiger charge is -2.07. The summed E-state index contributed by atoms with van der Waals surface area (Å²) in [5.41, 5.74) is 2.86. The number of nitro groups is 1. The number of non-ortho nitro benzene ring substituents is 1. The van der Waals surface area contributed by atoms with Gasteiger partial charge in [0.25, 0.3) is 11.6 Å². The number of aryl methyl sites for hydroxylation is 1. The van der Waals surface area contributed by atoms with E-state index >= 15 is 0 Å². The van der Waals surface area contributed by atoms with Crippen molar-refractivity contribution >= 4 is 61.3 Å². The monoisotopic (exact) mass is 481 g/mol. The predicted molar refractivity (Wildman–Crippen MR) is 125 cm³/mol. The van der Waals surface area contributed by atoms with Gasteiger partial charge in [0.05, 0.1) is 15.6 Å². The highest BCUT2D eigenvalue weighted by Gasteiger charge is 2.23. The number of benzene rings is 3. The lowest BCUT2D eigenvalue weighted by Crippen LogP contribution is -2.11. The normalized spacial score (nSPS) is 11.2. The van der Waals surface area contributed by atoms with Gasteiger partial charge in [-0.1, -0.05) is 23.7 Å². The van der Waals surface area contributed by atoms with Gasteiger partial charge in [0, 0.05) is 17.1 Å². The number of carbonyl (C=O) groups excluding carboxylic acids is 1. The Hall–Kier alpha value is -3.89. The van der Waals surface area contributed by atoms with E-state index in [1.54, 1.807) is 30.3 Å². The minimum absolute atomic E-state index is 0.103. The molecule has 11 heteroatoms. The highest BCUT2D eigenvalue weighted by molar-refractivity contribution is 7.22. The zero-order valence-corrected chi connectivity index (χ0v) is 18.4. The number of nitrogens with one attached hydrogen (secondary N) is 1. The van der Waals surface area contributed by atoms with Crippen LogP contribution >= 0.6 is 22.9 Å². The van der Waals surface area contributed by atoms with E-state index in [1.807, 2.05) is 6.92 Å². The van der Waals surface area contributed by atoms with Crippen LogP contribution in [0.3, 0.4) is 0 Å². The molecule has 2 heterocycles. The number of fused-ring (bicyclic) bond motifs is 2. The van der Waals surface area contributed by atoms with Gasteiger partial charge in [0.15, 0.2) is 0 Å². The van der Waals surface area contributed by atoms with E-state index in [2.05, 4.69) is 15.5 Å². The van der Waals surface area contributed by atoms with Crippen molar-refractivity contribution in [3.8, 4) is 5.69 Å². The molecule has 0 radical (unpaired) electrons. The molecule has 0 spiro atoms. The molecular weight excluding hydrogens is 469 g/mol. The van der Waals surface area contributed by atoms with Crippen molar-refractivity contribution in [2.24, 2.45) is 0 Å². The van der Waals surface area contributed by atoms with Crippen molar-refractivity contribution in [2.75, 3.05) is 5.32 Å². The number of nitro benzene ring substituents is 1. The number of rotatable bonds is 4. The summed E-state index contributed by atoms with van der Waals surface area (Å²) in [5.74, 6) is -0.842. The molecule has 1 N–H and O–H groups in total. The summed E-state index contributed by atoms with van der Waals surface area (Å²) in [6, 6.07) is 13.8. The Morgan fingerprint density at radius 1 is 1.15 bits per heavy atom. The average molecular weight is 482 g/mol. The second-order valence-electron chi connectivity index (χ2n) is 7.23. The minimum atomic E-state index is -0.501. The van der Waals surface area contributed by atoms with Gasteiger partial charge in [0.2, 0.25) is 0 Å². The van der Waals surface area contributed by atoms with E-state index in [0.29, 0.717) is 32.5 Å². The van der Waals surface area contributed by atoms with Crippen molar-refractivity contribution in [1.29, 1.82) is 0 Å². The number of anilines is 1. The zero-order chi connectivity index (χ0) is 23.3. The molecule has 0 atom stereocenters. The second kappa shape index (κ2) is 7.91. The minimum Gasteiger partial charge on any atom is -0.321 e. The Balaban J connectivity index is 1.50. The van der Waals surface area contributed by atoms with Crippen molar-refractivity contribution in [1.82, 2.24) is 15.0 Å². The smallest absolute Gasteiger partial charge is 0.287 e. The molecule has 8 nitrogen and oxygen atoms in total. The lowest BCUT2D eigenvalue weighted by atomic mass is 10.1. The quantitative estimate of drug-likeness (QED) is 0.254. The van der Waals surface area contributed by atoms with Gasteiger partial charge in [-0.25, -0.2) is 4.39 Å². The average Bonchev–Trinajstić information content (AvgIpc) is 3.35. The predicted octanol–water partition coefficient (Wildman–Crippen LogP) is 5.90. The summed E-state index contributed by atoms with van der Waals surface area (Å²) in [6.07, 6.45) is 0. The molecule has 1 amide bonds. The molecule has 0 saturated heterocycles. The number of carbonyl (C=O) groups is 1. The molecule has 5 aromatic rings. The summed E-state index contributed by atoms with van der Waals surface area (Å²) in [6.45, 7) is 1.81. The van der Waals surface area contributed by atoms with E-state index in [4.69, 9.17) is 11.6 Å². The third-order valence-electron chi connectivity index (χ3n) is 5.07. The molecule has 0 aliphatic carbocycles. The van der Waals surface area contributed by atoms with Crippen LogP contribution in [0, 0.1) is 22.9 Å². The van der Waals surface area contributed by atoms with Gasteiger partial charge in [-0.2, -0.15) is 4.80 Å². The zero-order valence-electron chi connectivity index (χ0n) is 16.9. The van der Waals surface area contributed by atoms with Crippen LogP contribution in [0.25, 0.3) is 26.8 Å². The third kappa shape index (κ3) is 3.69. The number of nitrogens with zero attached hydrogens (tertiary/aromatic N) is 4. The fourth-order valence-corrected chi connectivity index (χ4v) is 4.93. The van der Waals surface area contributed by atoms with Crippen LogP contribution < -0.4 is 5.32 Å². The fraction of sp³-hybridized carbons (Fsp3) is 0.0455. The highest BCUT2D eigenvalue weighted by atomic mass is 35.5. The van der Waals surface area contributed by atoms with Crippen LogP contribution in [-0.4, -0.2) is 25.8 Å². The van der Waals surface area contributed by atoms with Crippen LogP contribution in [0.15, 0.2) is 54.6 Å². The fourth-order valence-electron chi connectivity index (χ4n) is 3.44. The molecule has 0 aliphatic rings. The Morgan fingerprint density at radius 2 is 1.85 bits per heavy atom. The first kappa shape index (κ1) is 21.0. The van der Waals surface area contributed by atoms with Gasteiger partial charge in [-0.3, -0.25) is 14.9 Å². The summed E-state index contributed by atoms with van der Waals surface area (Å²) in [7, 11) is 0. The van der Waals surface area contributed by atoms with Crippen molar-refractivity contribution in [2.45, 2.75) is 6.92 Å². The summed E-state index contributed by atoms with van der Waals surface area (Å²) in [5, 5.41) is 23.6. The molecule has 5 rings (SSSR count). The van der Waals surface area contributed by atoms with E-state index in [-0.39, 0.29) is 21.4 Å². The second-order valence-corrected chi connectivity index (χ2v) is 8.63. The largest absolute Gasteiger partial charge is 0.321 e. The molecule has 0 aliphatic heterocycles. The van der Waals surface area contributed by atoms with Gasteiger partial charge in [-0.05, 0) is 48.9 Å². The first-order valence-electron chi connectivity index (χ1n) is 9.62. The van der Waals surface area contributed by atoms with Gasteiger partial charge >= 0.3 is 0 Å². The standard InChI is InChI=1S/C22H13ClFN5O3S/c1-11-9-16-17(27-28(26-16)13-7-5-12(24)6-8-13)10-15(11)25-22(30)21-19(23)14-3-2-4-18(29(31)32)20(14)33-21/h2-10H,1H3,(H,25,30).